The van der Waals surface area contributed by atoms with Crippen molar-refractivity contribution in [1.29, 1.82) is 0 Å². The highest BCUT2D eigenvalue weighted by Crippen LogP contribution is 2.39. The Balaban J connectivity index is 1.89. The molecule has 1 aliphatic carbocycles. The molecule has 0 saturated carbocycles. The number of pyridine rings is 1. The second-order valence-corrected chi connectivity index (χ2v) is 8.03. The average Bonchev–Trinajstić information content (AvgIpc) is 2.79. The van der Waals surface area contributed by atoms with Crippen LogP contribution in [-0.4, -0.2) is 28.6 Å². The highest BCUT2D eigenvalue weighted by atomic mass is 35.5. The number of carbonyl (C=O) groups excluding carboxylic acids is 1. The lowest BCUT2D eigenvalue weighted by Crippen LogP contribution is -2.50. The molecule has 1 aromatic heterocycles. The van der Waals surface area contributed by atoms with Crippen molar-refractivity contribution in [1.82, 2.24) is 4.98 Å². The first-order valence-electron chi connectivity index (χ1n) is 9.44. The van der Waals surface area contributed by atoms with Gasteiger partial charge in [-0.25, -0.2) is 4.79 Å². The number of nitrogens with zero attached hydrogens (tertiary/aromatic N) is 2. The fourth-order valence-corrected chi connectivity index (χ4v) is 4.40. The molecule has 4 nitrogen and oxygen atoms in total. The summed E-state index contributed by atoms with van der Waals surface area (Å²) >= 11 is 6.26. The molecule has 2 heterocycles. The monoisotopic (exact) mass is 382 g/mol. The third kappa shape index (κ3) is 3.33. The Kier molecular flexibility index (Phi) is 4.66. The van der Waals surface area contributed by atoms with E-state index < -0.39 is 4.65 Å². The van der Waals surface area contributed by atoms with Gasteiger partial charge < -0.3 is 5.21 Å². The van der Waals surface area contributed by atoms with Gasteiger partial charge in [0.15, 0.2) is 0 Å². The number of quaternary nitrogens is 1. The van der Waals surface area contributed by atoms with Gasteiger partial charge in [-0.05, 0) is 60.2 Å². The topological polar surface area (TPSA) is 53.0 Å². The molecular weight excluding hydrogens is 360 g/mol. The third-order valence-corrected chi connectivity index (χ3v) is 6.07. The molecule has 0 spiro atoms. The quantitative estimate of drug-likeness (QED) is 0.494. The number of amides is 1. The zero-order valence-electron chi connectivity index (χ0n) is 15.7. The second-order valence-electron chi connectivity index (χ2n) is 7.60. The first-order chi connectivity index (χ1) is 12.9. The number of piperidine rings is 1. The summed E-state index contributed by atoms with van der Waals surface area (Å²) in [6.45, 7) is 4.01. The van der Waals surface area contributed by atoms with Gasteiger partial charge in [0.25, 0.3) is 0 Å². The molecule has 2 aromatic rings. The minimum atomic E-state index is -0.724. The van der Waals surface area contributed by atoms with Crippen LogP contribution in [0.15, 0.2) is 35.9 Å². The first-order valence-corrected chi connectivity index (χ1v) is 9.82. The minimum absolute atomic E-state index is 0.304. The number of hydrogen-bond donors (Lipinski definition) is 0. The molecule has 1 aliphatic heterocycles. The maximum atomic E-state index is 12.6. The van der Waals surface area contributed by atoms with E-state index in [2.05, 4.69) is 18.2 Å². The summed E-state index contributed by atoms with van der Waals surface area (Å²) in [5.74, 6) is -0.304. The number of carbonyl (C=O) groups is 1. The second kappa shape index (κ2) is 6.86. The zero-order valence-corrected chi connectivity index (χ0v) is 16.5. The predicted octanol–water partition coefficient (Wildman–Crippen LogP) is 4.60. The Hall–Kier alpha value is -2.01. The lowest BCUT2D eigenvalue weighted by atomic mass is 9.88. The Bertz CT molecular complexity index is 955. The van der Waals surface area contributed by atoms with Crippen LogP contribution in [0.1, 0.15) is 47.8 Å². The van der Waals surface area contributed by atoms with E-state index in [0.29, 0.717) is 25.9 Å². The van der Waals surface area contributed by atoms with E-state index in [0.717, 1.165) is 34.8 Å². The predicted molar refractivity (Wildman–Crippen MR) is 107 cm³/mol. The van der Waals surface area contributed by atoms with Gasteiger partial charge in [0.05, 0.1) is 25.7 Å². The number of fused-ring (bicyclic) bond motifs is 2. The first kappa shape index (κ1) is 18.4. The summed E-state index contributed by atoms with van der Waals surface area (Å²) in [7, 11) is 0. The van der Waals surface area contributed by atoms with E-state index in [4.69, 9.17) is 16.6 Å². The summed E-state index contributed by atoms with van der Waals surface area (Å²) in [5, 5.41) is 13.4. The molecule has 0 unspecified atom stereocenters. The van der Waals surface area contributed by atoms with Crippen LogP contribution in [0.5, 0.6) is 0 Å². The van der Waals surface area contributed by atoms with Crippen molar-refractivity contribution < 1.29 is 9.44 Å². The van der Waals surface area contributed by atoms with Gasteiger partial charge in [0, 0.05) is 29.1 Å². The number of aromatic nitrogens is 1. The standard InChI is InChI=1S/C22H23ClN2O2/c1-14-3-4-17-5-6-18-13-19(23)7-8-20(18)21(22(17)24-14)16-9-11-25(27,12-10-16)15(2)26/h3-4,7-8,13H,5-6,9-12H2,1-2H3. The molecule has 0 N–H and O–H groups in total. The molecular formula is C22H23ClN2O2. The van der Waals surface area contributed by atoms with E-state index in [1.807, 2.05) is 19.1 Å². The molecule has 4 rings (SSSR count). The van der Waals surface area contributed by atoms with E-state index >= 15 is 0 Å². The summed E-state index contributed by atoms with van der Waals surface area (Å²) in [6, 6.07) is 10.3. The molecule has 5 heteroatoms. The SMILES string of the molecule is CC(=O)[N+]1([O-])CCC(=C2c3ccc(Cl)cc3CCc3ccc(C)nc32)CC1. The normalized spacial score (nSPS) is 22.1. The largest absolute Gasteiger partial charge is 0.625 e. The number of hydroxylamine groups is 3. The molecule has 140 valence electrons. The van der Waals surface area contributed by atoms with Crippen molar-refractivity contribution in [3.63, 3.8) is 0 Å². The maximum Gasteiger partial charge on any atom is 0.310 e. The van der Waals surface area contributed by atoms with Gasteiger partial charge in [-0.1, -0.05) is 23.7 Å². The number of likely N-dealkylation sites (tertiary alicyclic amines) is 1. The van der Waals surface area contributed by atoms with Gasteiger partial charge in [0.1, 0.15) is 0 Å². The Morgan fingerprint density at radius 1 is 1.07 bits per heavy atom. The fraction of sp³-hybridized carbons (Fsp3) is 0.364. The molecule has 1 saturated heterocycles. The van der Waals surface area contributed by atoms with Gasteiger partial charge in [-0.15, -0.1) is 0 Å². The average molecular weight is 383 g/mol. The summed E-state index contributed by atoms with van der Waals surface area (Å²) in [6.07, 6.45) is 3.08. The highest BCUT2D eigenvalue weighted by Gasteiger charge is 2.31. The smallest absolute Gasteiger partial charge is 0.310 e. The van der Waals surface area contributed by atoms with Crippen LogP contribution in [0.2, 0.25) is 5.02 Å². The summed E-state index contributed by atoms with van der Waals surface area (Å²) in [5.41, 5.74) is 8.01. The highest BCUT2D eigenvalue weighted by molar-refractivity contribution is 6.30. The number of aryl methyl sites for hydroxylation is 3. The zero-order chi connectivity index (χ0) is 19.2. The van der Waals surface area contributed by atoms with Crippen molar-refractivity contribution in [3.05, 3.63) is 74.2 Å². The van der Waals surface area contributed by atoms with E-state index in [9.17, 15) is 10.0 Å². The fourth-order valence-electron chi connectivity index (χ4n) is 4.20. The molecule has 0 atom stereocenters. The van der Waals surface area contributed by atoms with Crippen LogP contribution < -0.4 is 0 Å². The third-order valence-electron chi connectivity index (χ3n) is 5.83. The van der Waals surface area contributed by atoms with Gasteiger partial charge >= 0.3 is 5.91 Å². The number of halogens is 1. The number of rotatable bonds is 0. The molecule has 2 aliphatic rings. The van der Waals surface area contributed by atoms with Crippen molar-refractivity contribution in [2.24, 2.45) is 0 Å². The Labute approximate surface area is 164 Å². The summed E-state index contributed by atoms with van der Waals surface area (Å²) in [4.78, 5) is 16.6. The Morgan fingerprint density at radius 3 is 2.48 bits per heavy atom. The van der Waals surface area contributed by atoms with Crippen LogP contribution in [0.3, 0.4) is 0 Å². The van der Waals surface area contributed by atoms with Crippen molar-refractivity contribution in [2.75, 3.05) is 13.1 Å². The van der Waals surface area contributed by atoms with Crippen LogP contribution in [-0.2, 0) is 17.6 Å². The molecule has 1 fully saturated rings. The number of benzene rings is 1. The lowest BCUT2D eigenvalue weighted by molar-refractivity contribution is -0.806. The minimum Gasteiger partial charge on any atom is -0.625 e. The molecule has 0 radical (unpaired) electrons. The van der Waals surface area contributed by atoms with Gasteiger partial charge in [-0.3, -0.25) is 9.63 Å². The lowest BCUT2D eigenvalue weighted by Gasteiger charge is -2.43. The van der Waals surface area contributed by atoms with Crippen LogP contribution >= 0.6 is 11.6 Å². The van der Waals surface area contributed by atoms with E-state index in [1.54, 1.807) is 0 Å². The summed E-state index contributed by atoms with van der Waals surface area (Å²) < 4.78 is -0.724. The Morgan fingerprint density at radius 2 is 1.78 bits per heavy atom. The molecule has 0 bridgehead atoms. The van der Waals surface area contributed by atoms with Crippen molar-refractivity contribution in [3.8, 4) is 0 Å². The van der Waals surface area contributed by atoms with Crippen LogP contribution in [0, 0.1) is 12.1 Å². The number of hydrogen-bond acceptors (Lipinski definition) is 3. The van der Waals surface area contributed by atoms with Gasteiger partial charge in [-0.2, -0.15) is 0 Å². The van der Waals surface area contributed by atoms with Crippen molar-refractivity contribution in [2.45, 2.75) is 39.5 Å². The van der Waals surface area contributed by atoms with Crippen LogP contribution in [0.4, 0.5) is 0 Å². The molecule has 1 aromatic carbocycles. The van der Waals surface area contributed by atoms with Crippen molar-refractivity contribution >= 4 is 23.1 Å². The molecule has 1 amide bonds. The van der Waals surface area contributed by atoms with Gasteiger partial charge in [0.2, 0.25) is 0 Å². The van der Waals surface area contributed by atoms with E-state index in [1.165, 1.54) is 29.2 Å². The van der Waals surface area contributed by atoms with E-state index in [-0.39, 0.29) is 5.91 Å². The maximum absolute atomic E-state index is 12.6. The van der Waals surface area contributed by atoms with Crippen LogP contribution in [0.25, 0.3) is 5.57 Å². The molecule has 27 heavy (non-hydrogen) atoms.